The van der Waals surface area contributed by atoms with Crippen molar-refractivity contribution in [1.29, 1.82) is 0 Å². The van der Waals surface area contributed by atoms with Crippen molar-refractivity contribution in [2.75, 3.05) is 6.54 Å². The fourth-order valence-corrected chi connectivity index (χ4v) is 1.65. The molecule has 0 aliphatic carbocycles. The van der Waals surface area contributed by atoms with E-state index in [1.54, 1.807) is 33.0 Å². The largest absolute Gasteiger partial charge is 0.444 e. The zero-order valence-electron chi connectivity index (χ0n) is 13.8. The zero-order valence-corrected chi connectivity index (χ0v) is 13.8. The van der Waals surface area contributed by atoms with Crippen molar-refractivity contribution < 1.29 is 14.3 Å². The van der Waals surface area contributed by atoms with E-state index >= 15 is 0 Å². The van der Waals surface area contributed by atoms with Crippen molar-refractivity contribution in [2.45, 2.75) is 52.7 Å². The molecule has 0 aliphatic heterocycles. The second-order valence-corrected chi connectivity index (χ2v) is 6.02. The summed E-state index contributed by atoms with van der Waals surface area (Å²) in [4.78, 5) is 31.6. The molecule has 1 unspecified atom stereocenters. The number of nitrogens with zero attached hydrogens (tertiary/aromatic N) is 2. The van der Waals surface area contributed by atoms with Gasteiger partial charge in [-0.3, -0.25) is 4.79 Å². The maximum Gasteiger partial charge on any atom is 0.407 e. The van der Waals surface area contributed by atoms with Crippen molar-refractivity contribution in [1.82, 2.24) is 20.6 Å². The first-order chi connectivity index (χ1) is 10.2. The van der Waals surface area contributed by atoms with E-state index < -0.39 is 11.7 Å². The third-order valence-corrected chi connectivity index (χ3v) is 2.60. The van der Waals surface area contributed by atoms with Gasteiger partial charge >= 0.3 is 6.09 Å². The lowest BCUT2D eigenvalue weighted by Gasteiger charge is -2.19. The molecule has 1 heterocycles. The van der Waals surface area contributed by atoms with E-state index in [1.807, 2.05) is 13.8 Å². The quantitative estimate of drug-likeness (QED) is 0.866. The number of carbonyl (C=O) groups is 2. The number of aryl methyl sites for hydroxylation is 1. The van der Waals surface area contributed by atoms with Gasteiger partial charge in [-0.25, -0.2) is 14.8 Å². The van der Waals surface area contributed by atoms with Crippen LogP contribution in [0.3, 0.4) is 0 Å². The molecule has 1 atom stereocenters. The Labute approximate surface area is 130 Å². The molecule has 2 N–H and O–H groups in total. The zero-order chi connectivity index (χ0) is 16.8. The van der Waals surface area contributed by atoms with Crippen LogP contribution in [0.2, 0.25) is 0 Å². The molecule has 1 aromatic heterocycles. The smallest absolute Gasteiger partial charge is 0.407 e. The molecule has 0 radical (unpaired) electrons. The summed E-state index contributed by atoms with van der Waals surface area (Å²) in [7, 11) is 0. The molecule has 0 saturated heterocycles. The molecule has 0 aliphatic rings. The van der Waals surface area contributed by atoms with Crippen LogP contribution < -0.4 is 10.6 Å². The highest BCUT2D eigenvalue weighted by molar-refractivity contribution is 5.77. The van der Waals surface area contributed by atoms with Gasteiger partial charge in [-0.1, -0.05) is 0 Å². The number of alkyl carbamates (subject to hydrolysis) is 1. The first-order valence-corrected chi connectivity index (χ1v) is 7.23. The maximum absolute atomic E-state index is 11.8. The minimum atomic E-state index is -0.552. The molecular formula is C15H24N4O3. The standard InChI is InChI=1S/C15H24N4O3/c1-10-6-8-16-13(18-10)11(2)19-12(20)7-9-17-14(21)22-15(3,4)5/h6,8,11H,7,9H2,1-5H3,(H,17,21)(H,19,20). The molecular weight excluding hydrogens is 284 g/mol. The highest BCUT2D eigenvalue weighted by Gasteiger charge is 2.16. The number of hydrogen-bond donors (Lipinski definition) is 2. The lowest BCUT2D eigenvalue weighted by atomic mass is 10.2. The summed E-state index contributed by atoms with van der Waals surface area (Å²) in [6.07, 6.45) is 1.29. The monoisotopic (exact) mass is 308 g/mol. The summed E-state index contributed by atoms with van der Waals surface area (Å²) in [6.45, 7) is 9.23. The van der Waals surface area contributed by atoms with Crippen LogP contribution in [0.25, 0.3) is 0 Å². The molecule has 7 heteroatoms. The molecule has 0 spiro atoms. The summed E-state index contributed by atoms with van der Waals surface area (Å²) in [5.74, 6) is 0.377. The van der Waals surface area contributed by atoms with Gasteiger partial charge in [0.25, 0.3) is 0 Å². The number of aromatic nitrogens is 2. The van der Waals surface area contributed by atoms with Crippen molar-refractivity contribution in [3.05, 3.63) is 23.8 Å². The average molecular weight is 308 g/mol. The molecule has 22 heavy (non-hydrogen) atoms. The maximum atomic E-state index is 11.8. The van der Waals surface area contributed by atoms with Crippen LogP contribution in [0, 0.1) is 6.92 Å². The van der Waals surface area contributed by atoms with E-state index in [9.17, 15) is 9.59 Å². The van der Waals surface area contributed by atoms with Crippen LogP contribution in [0.4, 0.5) is 4.79 Å². The van der Waals surface area contributed by atoms with Crippen molar-refractivity contribution in [3.63, 3.8) is 0 Å². The van der Waals surface area contributed by atoms with Crippen LogP contribution >= 0.6 is 0 Å². The molecule has 7 nitrogen and oxygen atoms in total. The molecule has 1 aromatic rings. The average Bonchev–Trinajstić information content (AvgIpc) is 2.36. The van der Waals surface area contributed by atoms with Crippen LogP contribution in [-0.2, 0) is 9.53 Å². The minimum Gasteiger partial charge on any atom is -0.444 e. The van der Waals surface area contributed by atoms with Gasteiger partial charge < -0.3 is 15.4 Å². The van der Waals surface area contributed by atoms with Crippen molar-refractivity contribution >= 4 is 12.0 Å². The molecule has 2 amide bonds. The Bertz CT molecular complexity index is 526. The second kappa shape index (κ2) is 7.72. The SMILES string of the molecule is Cc1ccnc(C(C)NC(=O)CCNC(=O)OC(C)(C)C)n1. The van der Waals surface area contributed by atoms with Gasteiger partial charge in [0, 0.05) is 24.9 Å². The molecule has 0 bridgehead atoms. The van der Waals surface area contributed by atoms with Gasteiger partial charge in [-0.15, -0.1) is 0 Å². The van der Waals surface area contributed by atoms with E-state index in [-0.39, 0.29) is 24.9 Å². The van der Waals surface area contributed by atoms with Gasteiger partial charge in [0.15, 0.2) is 0 Å². The predicted molar refractivity (Wildman–Crippen MR) is 82.2 cm³/mol. The Morgan fingerprint density at radius 1 is 1.36 bits per heavy atom. The highest BCUT2D eigenvalue weighted by atomic mass is 16.6. The van der Waals surface area contributed by atoms with Crippen LogP contribution in [0.5, 0.6) is 0 Å². The third kappa shape index (κ3) is 7.01. The van der Waals surface area contributed by atoms with Gasteiger partial charge in [0.2, 0.25) is 5.91 Å². The number of hydrogen-bond acceptors (Lipinski definition) is 5. The molecule has 1 rings (SSSR count). The molecule has 0 saturated carbocycles. The Hall–Kier alpha value is -2.18. The Kier molecular flexibility index (Phi) is 6.27. The first kappa shape index (κ1) is 17.9. The van der Waals surface area contributed by atoms with E-state index in [0.29, 0.717) is 5.82 Å². The Balaban J connectivity index is 2.33. The normalized spacial score (nSPS) is 12.4. The van der Waals surface area contributed by atoms with E-state index in [4.69, 9.17) is 4.74 Å². The van der Waals surface area contributed by atoms with Crippen LogP contribution in [-0.4, -0.2) is 34.1 Å². The fraction of sp³-hybridized carbons (Fsp3) is 0.600. The summed E-state index contributed by atoms with van der Waals surface area (Å²) < 4.78 is 5.08. The van der Waals surface area contributed by atoms with Gasteiger partial charge in [0.1, 0.15) is 11.4 Å². The Morgan fingerprint density at radius 3 is 2.64 bits per heavy atom. The number of ether oxygens (including phenoxy) is 1. The summed E-state index contributed by atoms with van der Waals surface area (Å²) in [5.41, 5.74) is 0.293. The third-order valence-electron chi connectivity index (χ3n) is 2.60. The highest BCUT2D eigenvalue weighted by Crippen LogP contribution is 2.07. The Morgan fingerprint density at radius 2 is 2.05 bits per heavy atom. The van der Waals surface area contributed by atoms with Crippen LogP contribution in [0.15, 0.2) is 12.3 Å². The lowest BCUT2D eigenvalue weighted by Crippen LogP contribution is -2.35. The number of amides is 2. The first-order valence-electron chi connectivity index (χ1n) is 7.23. The van der Waals surface area contributed by atoms with Crippen molar-refractivity contribution in [2.24, 2.45) is 0 Å². The van der Waals surface area contributed by atoms with Crippen LogP contribution in [0.1, 0.15) is 51.7 Å². The predicted octanol–water partition coefficient (Wildman–Crippen LogP) is 1.88. The van der Waals surface area contributed by atoms with E-state index in [2.05, 4.69) is 20.6 Å². The molecule has 122 valence electrons. The number of rotatable bonds is 5. The van der Waals surface area contributed by atoms with Gasteiger partial charge in [-0.05, 0) is 40.7 Å². The van der Waals surface area contributed by atoms with E-state index in [1.165, 1.54) is 0 Å². The fourth-order valence-electron chi connectivity index (χ4n) is 1.65. The van der Waals surface area contributed by atoms with E-state index in [0.717, 1.165) is 5.69 Å². The number of carbonyl (C=O) groups excluding carboxylic acids is 2. The molecule has 0 aromatic carbocycles. The number of nitrogens with one attached hydrogen (secondary N) is 2. The lowest BCUT2D eigenvalue weighted by molar-refractivity contribution is -0.121. The minimum absolute atomic E-state index is 0.162. The topological polar surface area (TPSA) is 93.2 Å². The second-order valence-electron chi connectivity index (χ2n) is 6.02. The summed E-state index contributed by atoms with van der Waals surface area (Å²) >= 11 is 0. The molecule has 0 fully saturated rings. The summed E-state index contributed by atoms with van der Waals surface area (Å²) in [5, 5.41) is 5.33. The van der Waals surface area contributed by atoms with Gasteiger partial charge in [0.05, 0.1) is 6.04 Å². The van der Waals surface area contributed by atoms with Gasteiger partial charge in [-0.2, -0.15) is 0 Å². The van der Waals surface area contributed by atoms with Crippen molar-refractivity contribution in [3.8, 4) is 0 Å². The summed E-state index contributed by atoms with van der Waals surface area (Å²) in [6, 6.07) is 1.51.